The Morgan fingerprint density at radius 1 is 1.04 bits per heavy atom. The largest absolute Gasteiger partial charge is 0.391 e. The molecule has 5 nitrogen and oxygen atoms in total. The van der Waals surface area contributed by atoms with Crippen LogP contribution in [-0.4, -0.2) is 31.5 Å². The van der Waals surface area contributed by atoms with Crippen LogP contribution in [0.15, 0.2) is 52.5 Å². The van der Waals surface area contributed by atoms with Gasteiger partial charge in [0.1, 0.15) is 6.61 Å². The second-order valence-electron chi connectivity index (χ2n) is 6.49. The zero-order chi connectivity index (χ0) is 20.0. The molecule has 2 rings (SSSR count). The van der Waals surface area contributed by atoms with Gasteiger partial charge in [0.25, 0.3) is 0 Å². The van der Waals surface area contributed by atoms with E-state index in [1.54, 1.807) is 24.3 Å². The number of hydrogen-bond donors (Lipinski definition) is 0. The monoisotopic (exact) mass is 388 g/mol. The van der Waals surface area contributed by atoms with Gasteiger partial charge in [-0.15, -0.1) is 0 Å². The van der Waals surface area contributed by atoms with Crippen LogP contribution in [0.5, 0.6) is 0 Å². The smallest absolute Gasteiger partial charge is 0.243 e. The number of hydrogen-bond acceptors (Lipinski definition) is 4. The molecule has 0 bridgehead atoms. The number of rotatable bonds is 8. The molecule has 0 aromatic heterocycles. The maximum atomic E-state index is 12.5. The minimum atomic E-state index is -3.44. The lowest BCUT2D eigenvalue weighted by Gasteiger charge is -2.18. The zero-order valence-electron chi connectivity index (χ0n) is 16.7. The fourth-order valence-corrected chi connectivity index (χ4v) is 4.25. The second kappa shape index (κ2) is 9.15. The van der Waals surface area contributed by atoms with Crippen LogP contribution >= 0.6 is 0 Å². The van der Waals surface area contributed by atoms with Crippen LogP contribution in [0.1, 0.15) is 43.0 Å². The van der Waals surface area contributed by atoms with E-state index in [4.69, 9.17) is 4.84 Å². The highest BCUT2D eigenvalue weighted by Crippen LogP contribution is 2.17. The first kappa shape index (κ1) is 21.1. The van der Waals surface area contributed by atoms with Gasteiger partial charge in [-0.2, -0.15) is 4.31 Å². The standard InChI is InChI=1S/C21H28N2O3S/c1-6-23(7-2)27(24,25)21-12-10-19(11-13-21)18(5)22-26-15-20-14-16(3)8-9-17(20)4/h8-14H,6-7,15H2,1-5H3/b22-18+. The van der Waals surface area contributed by atoms with E-state index in [1.165, 1.54) is 15.4 Å². The maximum Gasteiger partial charge on any atom is 0.243 e. The van der Waals surface area contributed by atoms with Gasteiger partial charge in [-0.25, -0.2) is 8.42 Å². The molecule has 0 fully saturated rings. The van der Waals surface area contributed by atoms with Crippen LogP contribution in [0.3, 0.4) is 0 Å². The van der Waals surface area contributed by atoms with E-state index < -0.39 is 10.0 Å². The van der Waals surface area contributed by atoms with Crippen LogP contribution < -0.4 is 0 Å². The van der Waals surface area contributed by atoms with E-state index in [1.807, 2.05) is 34.6 Å². The van der Waals surface area contributed by atoms with Crippen LogP contribution in [0, 0.1) is 13.8 Å². The Morgan fingerprint density at radius 2 is 1.67 bits per heavy atom. The van der Waals surface area contributed by atoms with Gasteiger partial charge in [0.2, 0.25) is 10.0 Å². The normalized spacial score (nSPS) is 12.4. The van der Waals surface area contributed by atoms with Crippen molar-refractivity contribution in [1.29, 1.82) is 0 Å². The summed E-state index contributed by atoms with van der Waals surface area (Å²) in [6.07, 6.45) is 0. The molecule has 0 radical (unpaired) electrons. The number of nitrogens with zero attached hydrogens (tertiary/aromatic N) is 2. The minimum absolute atomic E-state index is 0.291. The zero-order valence-corrected chi connectivity index (χ0v) is 17.5. The third kappa shape index (κ3) is 5.17. The average molecular weight is 389 g/mol. The summed E-state index contributed by atoms with van der Waals surface area (Å²) in [7, 11) is -3.44. The Bertz CT molecular complexity index is 900. The van der Waals surface area contributed by atoms with Crippen molar-refractivity contribution in [2.75, 3.05) is 13.1 Å². The van der Waals surface area contributed by atoms with Crippen molar-refractivity contribution >= 4 is 15.7 Å². The number of oxime groups is 1. The molecule has 0 aliphatic heterocycles. The van der Waals surface area contributed by atoms with Crippen molar-refractivity contribution in [3.63, 3.8) is 0 Å². The summed E-state index contributed by atoms with van der Waals surface area (Å²) in [5, 5.41) is 4.18. The molecule has 0 unspecified atom stereocenters. The predicted molar refractivity (Wildman–Crippen MR) is 109 cm³/mol. The molecule has 0 saturated heterocycles. The van der Waals surface area contributed by atoms with Gasteiger partial charge >= 0.3 is 0 Å². The first-order chi connectivity index (χ1) is 12.8. The average Bonchev–Trinajstić information content (AvgIpc) is 2.65. The van der Waals surface area contributed by atoms with Crippen LogP contribution in [0.2, 0.25) is 0 Å². The van der Waals surface area contributed by atoms with Crippen LogP contribution in [0.25, 0.3) is 0 Å². The maximum absolute atomic E-state index is 12.5. The van der Waals surface area contributed by atoms with Gasteiger partial charge in [0.05, 0.1) is 10.6 Å². The molecule has 0 spiro atoms. The molecular weight excluding hydrogens is 360 g/mol. The summed E-state index contributed by atoms with van der Waals surface area (Å²) < 4.78 is 26.5. The van der Waals surface area contributed by atoms with Gasteiger partial charge in [-0.1, -0.05) is 54.9 Å². The molecule has 0 N–H and O–H groups in total. The highest BCUT2D eigenvalue weighted by Gasteiger charge is 2.21. The Kier molecular flexibility index (Phi) is 7.16. The molecule has 0 aliphatic rings. The second-order valence-corrected chi connectivity index (χ2v) is 8.43. The molecule has 0 saturated carbocycles. The van der Waals surface area contributed by atoms with Gasteiger partial charge in [-0.05, 0) is 49.6 Å². The van der Waals surface area contributed by atoms with E-state index in [0.29, 0.717) is 30.3 Å². The molecular formula is C21H28N2O3S. The molecule has 2 aromatic rings. The van der Waals surface area contributed by atoms with Crippen molar-refractivity contribution in [3.8, 4) is 0 Å². The predicted octanol–water partition coefficient (Wildman–Crippen LogP) is 4.27. The van der Waals surface area contributed by atoms with E-state index in [9.17, 15) is 8.42 Å². The topological polar surface area (TPSA) is 59.0 Å². The van der Waals surface area contributed by atoms with E-state index >= 15 is 0 Å². The van der Waals surface area contributed by atoms with E-state index in [-0.39, 0.29) is 0 Å². The summed E-state index contributed by atoms with van der Waals surface area (Å²) in [5.41, 5.74) is 4.98. The van der Waals surface area contributed by atoms with Gasteiger partial charge in [-0.3, -0.25) is 0 Å². The highest BCUT2D eigenvalue weighted by atomic mass is 32.2. The van der Waals surface area contributed by atoms with Gasteiger partial charge in [0, 0.05) is 13.1 Å². The fourth-order valence-electron chi connectivity index (χ4n) is 2.79. The lowest BCUT2D eigenvalue weighted by Crippen LogP contribution is -2.30. The van der Waals surface area contributed by atoms with E-state index in [2.05, 4.69) is 23.4 Å². The Labute approximate surface area is 162 Å². The number of sulfonamides is 1. The molecule has 0 aliphatic carbocycles. The quantitative estimate of drug-likeness (QED) is 0.501. The molecule has 2 aromatic carbocycles. The summed E-state index contributed by atoms with van der Waals surface area (Å²) in [6.45, 7) is 10.9. The van der Waals surface area contributed by atoms with Crippen LogP contribution in [0.4, 0.5) is 0 Å². The fraction of sp³-hybridized carbons (Fsp3) is 0.381. The number of benzene rings is 2. The van der Waals surface area contributed by atoms with Crippen molar-refractivity contribution in [1.82, 2.24) is 4.31 Å². The first-order valence-corrected chi connectivity index (χ1v) is 10.6. The molecule has 6 heteroatoms. The SMILES string of the molecule is CCN(CC)S(=O)(=O)c1ccc(/C(C)=N/OCc2cc(C)ccc2C)cc1. The third-order valence-electron chi connectivity index (χ3n) is 4.54. The summed E-state index contributed by atoms with van der Waals surface area (Å²) in [5.74, 6) is 0. The van der Waals surface area contributed by atoms with Crippen LogP contribution in [-0.2, 0) is 21.5 Å². The van der Waals surface area contributed by atoms with Crippen molar-refractivity contribution in [2.45, 2.75) is 46.1 Å². The summed E-state index contributed by atoms with van der Waals surface area (Å²) in [6, 6.07) is 13.0. The number of aryl methyl sites for hydroxylation is 2. The van der Waals surface area contributed by atoms with Crippen molar-refractivity contribution in [3.05, 3.63) is 64.7 Å². The summed E-state index contributed by atoms with van der Waals surface area (Å²) in [4.78, 5) is 5.79. The van der Waals surface area contributed by atoms with Crippen molar-refractivity contribution < 1.29 is 13.3 Å². The molecule has 146 valence electrons. The Morgan fingerprint density at radius 3 is 2.26 bits per heavy atom. The third-order valence-corrected chi connectivity index (χ3v) is 6.61. The molecule has 27 heavy (non-hydrogen) atoms. The van der Waals surface area contributed by atoms with Gasteiger partial charge < -0.3 is 4.84 Å². The molecule has 0 atom stereocenters. The lowest BCUT2D eigenvalue weighted by atomic mass is 10.1. The molecule has 0 heterocycles. The Hall–Kier alpha value is -2.18. The highest BCUT2D eigenvalue weighted by molar-refractivity contribution is 7.89. The van der Waals surface area contributed by atoms with E-state index in [0.717, 1.165) is 11.1 Å². The van der Waals surface area contributed by atoms with Gasteiger partial charge in [0.15, 0.2) is 0 Å². The summed E-state index contributed by atoms with van der Waals surface area (Å²) >= 11 is 0. The minimum Gasteiger partial charge on any atom is -0.391 e. The van der Waals surface area contributed by atoms with Crippen molar-refractivity contribution in [2.24, 2.45) is 5.16 Å². The molecule has 0 amide bonds. The lowest BCUT2D eigenvalue weighted by molar-refractivity contribution is 0.130. The Balaban J connectivity index is 2.10. The first-order valence-electron chi connectivity index (χ1n) is 9.12.